The summed E-state index contributed by atoms with van der Waals surface area (Å²) < 4.78 is 0. The molecular weight excluding hydrogens is 222 g/mol. The van der Waals surface area contributed by atoms with Gasteiger partial charge in [-0.3, -0.25) is 0 Å². The van der Waals surface area contributed by atoms with E-state index in [0.29, 0.717) is 6.61 Å². The fourth-order valence-electron chi connectivity index (χ4n) is 5.13. The Morgan fingerprint density at radius 2 is 1.94 bits per heavy atom. The first-order chi connectivity index (χ1) is 8.71. The van der Waals surface area contributed by atoms with Crippen molar-refractivity contribution < 1.29 is 5.11 Å². The van der Waals surface area contributed by atoms with Crippen molar-refractivity contribution in [1.82, 2.24) is 4.90 Å². The first-order valence-corrected chi connectivity index (χ1v) is 8.00. The quantitative estimate of drug-likeness (QED) is 0.812. The summed E-state index contributed by atoms with van der Waals surface area (Å²) in [4.78, 5) is 2.53. The van der Waals surface area contributed by atoms with Gasteiger partial charge in [0.2, 0.25) is 0 Å². The molecule has 0 aromatic heterocycles. The summed E-state index contributed by atoms with van der Waals surface area (Å²) in [6.45, 7) is 2.80. The van der Waals surface area contributed by atoms with E-state index < -0.39 is 0 Å². The Kier molecular flexibility index (Phi) is 3.68. The third-order valence-electron chi connectivity index (χ3n) is 6.04. The molecule has 0 radical (unpaired) electrons. The van der Waals surface area contributed by atoms with Crippen molar-refractivity contribution in [3.8, 4) is 0 Å². The average Bonchev–Trinajstić information content (AvgIpc) is 3.04. The largest absolute Gasteiger partial charge is 0.396 e. The Labute approximate surface area is 112 Å². The fraction of sp³-hybridized carbons (Fsp3) is 1.00. The Bertz CT molecular complexity index is 285. The summed E-state index contributed by atoms with van der Waals surface area (Å²) in [5.41, 5.74) is 0.242. The van der Waals surface area contributed by atoms with Crippen molar-refractivity contribution in [3.05, 3.63) is 0 Å². The minimum absolute atomic E-state index is 0.242. The number of rotatable bonds is 5. The van der Waals surface area contributed by atoms with E-state index in [4.69, 9.17) is 0 Å². The molecule has 3 atom stereocenters. The van der Waals surface area contributed by atoms with Crippen LogP contribution in [0.5, 0.6) is 0 Å². The van der Waals surface area contributed by atoms with E-state index >= 15 is 0 Å². The normalized spacial score (nSPS) is 37.8. The second-order valence-electron chi connectivity index (χ2n) is 7.50. The molecule has 3 fully saturated rings. The molecule has 0 aliphatic heterocycles. The van der Waals surface area contributed by atoms with Crippen LogP contribution >= 0.6 is 0 Å². The third-order valence-corrected chi connectivity index (χ3v) is 6.04. The summed E-state index contributed by atoms with van der Waals surface area (Å²) in [5.74, 6) is 3.06. The summed E-state index contributed by atoms with van der Waals surface area (Å²) in [5, 5.41) is 9.70. The van der Waals surface area contributed by atoms with Crippen molar-refractivity contribution in [2.45, 2.75) is 51.4 Å². The molecule has 2 heteroatoms. The molecule has 3 saturated carbocycles. The highest BCUT2D eigenvalue weighted by molar-refractivity contribution is 4.92. The molecule has 3 aliphatic rings. The van der Waals surface area contributed by atoms with Crippen LogP contribution in [0.1, 0.15) is 51.4 Å². The molecule has 0 spiro atoms. The van der Waals surface area contributed by atoms with Gasteiger partial charge >= 0.3 is 0 Å². The van der Waals surface area contributed by atoms with Crippen molar-refractivity contribution in [3.63, 3.8) is 0 Å². The van der Waals surface area contributed by atoms with Crippen LogP contribution in [0.25, 0.3) is 0 Å². The SMILES string of the molecule is CN(CC1CC2CCC1C2)CC1(CO)CCCC1. The van der Waals surface area contributed by atoms with Crippen LogP contribution in [0.3, 0.4) is 0 Å². The van der Waals surface area contributed by atoms with E-state index in [1.165, 1.54) is 57.9 Å². The number of aliphatic hydroxyl groups is 1. The number of aliphatic hydroxyl groups excluding tert-OH is 1. The highest BCUT2D eigenvalue weighted by Gasteiger charge is 2.41. The topological polar surface area (TPSA) is 23.5 Å². The van der Waals surface area contributed by atoms with Gasteiger partial charge in [-0.1, -0.05) is 19.3 Å². The lowest BCUT2D eigenvalue weighted by Gasteiger charge is -2.34. The van der Waals surface area contributed by atoms with Gasteiger partial charge in [-0.15, -0.1) is 0 Å². The van der Waals surface area contributed by atoms with E-state index in [-0.39, 0.29) is 5.41 Å². The monoisotopic (exact) mass is 251 g/mol. The second kappa shape index (κ2) is 5.13. The van der Waals surface area contributed by atoms with Gasteiger partial charge in [0, 0.05) is 25.1 Å². The number of nitrogens with zero attached hydrogens (tertiary/aromatic N) is 1. The van der Waals surface area contributed by atoms with Crippen LogP contribution in [0.2, 0.25) is 0 Å². The Hall–Kier alpha value is -0.0800. The molecule has 3 aliphatic carbocycles. The van der Waals surface area contributed by atoms with Crippen molar-refractivity contribution in [2.75, 3.05) is 26.7 Å². The van der Waals surface area contributed by atoms with Crippen LogP contribution in [-0.4, -0.2) is 36.8 Å². The van der Waals surface area contributed by atoms with Crippen molar-refractivity contribution in [2.24, 2.45) is 23.2 Å². The molecule has 2 bridgehead atoms. The summed E-state index contributed by atoms with van der Waals surface area (Å²) in [7, 11) is 2.28. The zero-order chi connectivity index (χ0) is 12.6. The number of fused-ring (bicyclic) bond motifs is 2. The third kappa shape index (κ3) is 2.46. The van der Waals surface area contributed by atoms with Crippen molar-refractivity contribution in [1.29, 1.82) is 0 Å². The van der Waals surface area contributed by atoms with Crippen LogP contribution in [0.15, 0.2) is 0 Å². The van der Waals surface area contributed by atoms with E-state index in [0.717, 1.165) is 24.3 Å². The minimum atomic E-state index is 0.242. The molecule has 3 unspecified atom stereocenters. The zero-order valence-electron chi connectivity index (χ0n) is 11.9. The smallest absolute Gasteiger partial charge is 0.0499 e. The molecule has 104 valence electrons. The van der Waals surface area contributed by atoms with E-state index in [1.54, 1.807) is 0 Å². The number of hydrogen-bond acceptors (Lipinski definition) is 2. The maximum Gasteiger partial charge on any atom is 0.0499 e. The predicted octanol–water partition coefficient (Wildman–Crippen LogP) is 2.91. The molecule has 0 aromatic carbocycles. The molecule has 0 amide bonds. The van der Waals surface area contributed by atoms with E-state index in [2.05, 4.69) is 11.9 Å². The van der Waals surface area contributed by atoms with Crippen LogP contribution in [0, 0.1) is 23.2 Å². The molecule has 3 rings (SSSR count). The van der Waals surface area contributed by atoms with Crippen LogP contribution < -0.4 is 0 Å². The molecule has 0 heterocycles. The second-order valence-corrected chi connectivity index (χ2v) is 7.50. The summed E-state index contributed by atoms with van der Waals surface area (Å²) in [6, 6.07) is 0. The summed E-state index contributed by atoms with van der Waals surface area (Å²) >= 11 is 0. The van der Waals surface area contributed by atoms with Gasteiger partial charge in [-0.05, 0) is 56.9 Å². The standard InChI is InChI=1S/C16H29NO/c1-17(11-16(12-18)6-2-3-7-16)10-15-9-13-4-5-14(15)8-13/h13-15,18H,2-12H2,1H3. The van der Waals surface area contributed by atoms with Gasteiger partial charge in [0.25, 0.3) is 0 Å². The molecular formula is C16H29NO. The predicted molar refractivity (Wildman–Crippen MR) is 74.4 cm³/mol. The lowest BCUT2D eigenvalue weighted by Crippen LogP contribution is -2.39. The van der Waals surface area contributed by atoms with Gasteiger partial charge in [0.15, 0.2) is 0 Å². The summed E-state index contributed by atoms with van der Waals surface area (Å²) in [6.07, 6.45) is 11.1. The van der Waals surface area contributed by atoms with Gasteiger partial charge in [0.1, 0.15) is 0 Å². The minimum Gasteiger partial charge on any atom is -0.396 e. The van der Waals surface area contributed by atoms with E-state index in [1.807, 2.05) is 0 Å². The lowest BCUT2D eigenvalue weighted by molar-refractivity contribution is 0.0778. The Morgan fingerprint density at radius 3 is 2.50 bits per heavy atom. The van der Waals surface area contributed by atoms with Crippen LogP contribution in [-0.2, 0) is 0 Å². The first-order valence-electron chi connectivity index (χ1n) is 8.00. The molecule has 0 saturated heterocycles. The zero-order valence-corrected chi connectivity index (χ0v) is 11.9. The highest BCUT2D eigenvalue weighted by atomic mass is 16.3. The van der Waals surface area contributed by atoms with E-state index in [9.17, 15) is 5.11 Å². The molecule has 2 nitrogen and oxygen atoms in total. The average molecular weight is 251 g/mol. The molecule has 0 aromatic rings. The number of hydrogen-bond donors (Lipinski definition) is 1. The van der Waals surface area contributed by atoms with Gasteiger partial charge in [-0.2, -0.15) is 0 Å². The maximum atomic E-state index is 9.70. The van der Waals surface area contributed by atoms with Gasteiger partial charge < -0.3 is 10.0 Å². The highest BCUT2D eigenvalue weighted by Crippen LogP contribution is 2.48. The Morgan fingerprint density at radius 1 is 1.17 bits per heavy atom. The first kappa shape index (κ1) is 12.9. The van der Waals surface area contributed by atoms with Crippen molar-refractivity contribution >= 4 is 0 Å². The van der Waals surface area contributed by atoms with Crippen LogP contribution in [0.4, 0.5) is 0 Å². The lowest BCUT2D eigenvalue weighted by atomic mass is 9.85. The Balaban J connectivity index is 1.51. The fourth-order valence-corrected chi connectivity index (χ4v) is 5.13. The maximum absolute atomic E-state index is 9.70. The van der Waals surface area contributed by atoms with Gasteiger partial charge in [0.05, 0.1) is 0 Å². The molecule has 18 heavy (non-hydrogen) atoms. The van der Waals surface area contributed by atoms with Gasteiger partial charge in [-0.25, -0.2) is 0 Å². The molecule has 1 N–H and O–H groups in total.